The molecule has 1 aliphatic rings. The van der Waals surface area contributed by atoms with E-state index in [0.717, 1.165) is 27.8 Å². The second-order valence-corrected chi connectivity index (χ2v) is 17.0. The molecule has 35 heavy (non-hydrogen) atoms. The molecule has 5 nitrogen and oxygen atoms in total. The van der Waals surface area contributed by atoms with Crippen molar-refractivity contribution in [2.45, 2.75) is 96.1 Å². The number of methoxy groups -OCH3 is 1. The van der Waals surface area contributed by atoms with Crippen molar-refractivity contribution in [2.75, 3.05) is 13.7 Å². The van der Waals surface area contributed by atoms with E-state index in [1.165, 1.54) is 0 Å². The van der Waals surface area contributed by atoms with Crippen LogP contribution in [0.2, 0.25) is 18.1 Å². The zero-order chi connectivity index (χ0) is 26.4. The van der Waals surface area contributed by atoms with Gasteiger partial charge in [0.05, 0.1) is 32.0 Å². The van der Waals surface area contributed by atoms with Gasteiger partial charge in [0.15, 0.2) is 8.32 Å². The van der Waals surface area contributed by atoms with E-state index >= 15 is 0 Å². The molecule has 1 N–H and O–H groups in total. The Morgan fingerprint density at radius 1 is 1.20 bits per heavy atom. The summed E-state index contributed by atoms with van der Waals surface area (Å²) in [6.45, 7) is 22.4. The summed E-state index contributed by atoms with van der Waals surface area (Å²) in [5.74, 6) is 0.883. The Morgan fingerprint density at radius 2 is 1.83 bits per heavy atom. The van der Waals surface area contributed by atoms with Crippen LogP contribution in [0, 0.1) is 5.92 Å². The topological polar surface area (TPSA) is 60.5 Å². The molecule has 0 aromatic heterocycles. The summed E-state index contributed by atoms with van der Waals surface area (Å²) in [5, 5.41) is 9.80. The van der Waals surface area contributed by atoms with E-state index in [4.69, 9.17) is 18.6 Å². The van der Waals surface area contributed by atoms with Crippen molar-refractivity contribution >= 4 is 24.2 Å². The van der Waals surface area contributed by atoms with Gasteiger partial charge in [-0.2, -0.15) is 0 Å². The van der Waals surface area contributed by atoms with Crippen LogP contribution in [0.15, 0.2) is 47.5 Å². The van der Waals surface area contributed by atoms with Gasteiger partial charge < -0.3 is 23.7 Å². The summed E-state index contributed by atoms with van der Waals surface area (Å²) in [6.07, 6.45) is 2.01. The summed E-state index contributed by atoms with van der Waals surface area (Å²) in [4.78, 5) is 0. The third-order valence-corrected chi connectivity index (χ3v) is 12.2. The lowest BCUT2D eigenvalue weighted by atomic mass is 9.89. The van der Waals surface area contributed by atoms with Crippen molar-refractivity contribution in [1.29, 1.82) is 0 Å². The summed E-state index contributed by atoms with van der Waals surface area (Å²) >= 11 is 3.47. The molecular weight excluding hydrogens is 524 g/mol. The number of epoxide rings is 1. The van der Waals surface area contributed by atoms with Gasteiger partial charge in [0, 0.05) is 18.9 Å². The summed E-state index contributed by atoms with van der Waals surface area (Å²) in [6, 6.07) is 7.86. The van der Waals surface area contributed by atoms with Gasteiger partial charge in [-0.3, -0.25) is 0 Å². The van der Waals surface area contributed by atoms with Crippen LogP contribution in [0.5, 0.6) is 5.75 Å². The van der Waals surface area contributed by atoms with Crippen LogP contribution in [-0.2, 0) is 20.5 Å². The molecule has 0 aliphatic carbocycles. The number of ether oxygens (including phenoxy) is 3. The summed E-state index contributed by atoms with van der Waals surface area (Å²) in [5.41, 5.74) is 2.13. The van der Waals surface area contributed by atoms with Gasteiger partial charge in [-0.1, -0.05) is 74.5 Å². The average molecular weight is 570 g/mol. The first-order valence-corrected chi connectivity index (χ1v) is 16.2. The number of aliphatic hydroxyl groups excluding tert-OH is 1. The molecule has 1 aromatic carbocycles. The smallest absolute Gasteiger partial charge is 0.192 e. The van der Waals surface area contributed by atoms with Gasteiger partial charge in [0.1, 0.15) is 11.9 Å². The molecule has 0 bridgehead atoms. The van der Waals surface area contributed by atoms with Crippen molar-refractivity contribution in [3.8, 4) is 5.75 Å². The van der Waals surface area contributed by atoms with Crippen molar-refractivity contribution in [1.82, 2.24) is 0 Å². The molecule has 0 unspecified atom stereocenters. The van der Waals surface area contributed by atoms with Crippen LogP contribution in [-0.4, -0.2) is 51.6 Å². The number of rotatable bonds is 15. The summed E-state index contributed by atoms with van der Waals surface area (Å²) in [7, 11) is -0.352. The highest BCUT2D eigenvalue weighted by atomic mass is 79.9. The molecule has 7 heteroatoms. The third kappa shape index (κ3) is 9.13. The predicted octanol–water partition coefficient (Wildman–Crippen LogP) is 7.00. The van der Waals surface area contributed by atoms with Crippen molar-refractivity contribution < 1.29 is 23.7 Å². The van der Waals surface area contributed by atoms with E-state index in [1.807, 2.05) is 24.3 Å². The van der Waals surface area contributed by atoms with Crippen LogP contribution in [0.1, 0.15) is 52.5 Å². The minimum Gasteiger partial charge on any atom is -0.497 e. The van der Waals surface area contributed by atoms with Gasteiger partial charge in [0.2, 0.25) is 0 Å². The number of hydrogen-bond acceptors (Lipinski definition) is 5. The maximum atomic E-state index is 9.70. The van der Waals surface area contributed by atoms with Crippen LogP contribution in [0.4, 0.5) is 0 Å². The number of hydrogen-bond donors (Lipinski definition) is 1. The highest BCUT2D eigenvalue weighted by molar-refractivity contribution is 9.11. The Kier molecular flexibility index (Phi) is 11.3. The molecule has 1 fully saturated rings. The van der Waals surface area contributed by atoms with Crippen molar-refractivity contribution in [2.24, 2.45) is 5.92 Å². The third-order valence-electron chi connectivity index (χ3n) is 7.36. The first-order valence-electron chi connectivity index (χ1n) is 12.5. The van der Waals surface area contributed by atoms with Gasteiger partial charge in [-0.05, 0) is 53.2 Å². The van der Waals surface area contributed by atoms with E-state index in [2.05, 4.69) is 69.9 Å². The standard InChI is InChI=1S/C28H45BrO5Si/c1-19(21(3)24(14-15-30)32-18-22-10-12-23(31-7)13-11-22)16-26(27-25(33-27)17-20(2)29)34-35(8,9)28(4,5)6/h10-13,21,24-27,30H,1-2,14-18H2,3-9H3/t21-,24-,25-,26+,27-/m1/s1. The Hall–Kier alpha value is -0.963. The zero-order valence-corrected chi connectivity index (χ0v) is 25.2. The number of aliphatic hydroxyl groups is 1. The molecular formula is C28H45BrO5Si. The van der Waals surface area contributed by atoms with Gasteiger partial charge in [0.25, 0.3) is 0 Å². The molecule has 0 spiro atoms. The minimum absolute atomic E-state index is 0.0406. The van der Waals surface area contributed by atoms with Gasteiger partial charge >= 0.3 is 0 Å². The number of benzene rings is 1. The Balaban J connectivity index is 2.08. The fourth-order valence-corrected chi connectivity index (χ4v) is 5.53. The molecule has 1 aromatic rings. The average Bonchev–Trinajstić information content (AvgIpc) is 3.53. The highest BCUT2D eigenvalue weighted by Crippen LogP contribution is 2.43. The fourth-order valence-electron chi connectivity index (χ4n) is 3.88. The van der Waals surface area contributed by atoms with E-state index in [-0.39, 0.29) is 42.0 Å². The molecule has 0 saturated carbocycles. The Bertz CT molecular complexity index is 833. The molecule has 1 aliphatic heterocycles. The normalized spacial score (nSPS) is 20.7. The highest BCUT2D eigenvalue weighted by Gasteiger charge is 2.49. The maximum Gasteiger partial charge on any atom is 0.192 e. The minimum atomic E-state index is -2.01. The van der Waals surface area contributed by atoms with Crippen LogP contribution >= 0.6 is 15.9 Å². The molecule has 1 saturated heterocycles. The van der Waals surface area contributed by atoms with E-state index in [1.54, 1.807) is 7.11 Å². The van der Waals surface area contributed by atoms with E-state index in [0.29, 0.717) is 19.4 Å². The maximum absolute atomic E-state index is 9.70. The molecule has 0 amide bonds. The van der Waals surface area contributed by atoms with Crippen LogP contribution in [0.3, 0.4) is 0 Å². The summed E-state index contributed by atoms with van der Waals surface area (Å²) < 4.78 is 25.3. The number of halogens is 1. The van der Waals surface area contributed by atoms with Gasteiger partial charge in [-0.25, -0.2) is 0 Å². The second kappa shape index (κ2) is 13.0. The zero-order valence-electron chi connectivity index (χ0n) is 22.6. The molecule has 198 valence electrons. The second-order valence-electron chi connectivity index (χ2n) is 11.1. The van der Waals surface area contributed by atoms with Gasteiger partial charge in [-0.15, -0.1) is 0 Å². The molecule has 2 rings (SSSR count). The van der Waals surface area contributed by atoms with E-state index < -0.39 is 8.32 Å². The quantitative estimate of drug-likeness (QED) is 0.140. The van der Waals surface area contributed by atoms with E-state index in [9.17, 15) is 5.11 Å². The SMILES string of the molecule is C=C(Br)C[C@H]1O[C@H]1[C@H](CC(=C)[C@@H](C)[C@@H](CCO)OCc1ccc(OC)cc1)O[Si](C)(C)C(C)(C)C. The Labute approximate surface area is 222 Å². The molecule has 5 atom stereocenters. The lowest BCUT2D eigenvalue weighted by molar-refractivity contribution is -0.00185. The first-order chi connectivity index (χ1) is 16.3. The van der Waals surface area contributed by atoms with Crippen LogP contribution in [0.25, 0.3) is 0 Å². The van der Waals surface area contributed by atoms with Crippen molar-refractivity contribution in [3.63, 3.8) is 0 Å². The molecule has 1 heterocycles. The lowest BCUT2D eigenvalue weighted by Crippen LogP contribution is -2.46. The fraction of sp³-hybridized carbons (Fsp3) is 0.643. The Morgan fingerprint density at radius 3 is 2.34 bits per heavy atom. The largest absolute Gasteiger partial charge is 0.497 e. The predicted molar refractivity (Wildman–Crippen MR) is 150 cm³/mol. The first kappa shape index (κ1) is 30.3. The van der Waals surface area contributed by atoms with Crippen LogP contribution < -0.4 is 4.74 Å². The van der Waals surface area contributed by atoms with Crippen molar-refractivity contribution in [3.05, 3.63) is 53.0 Å². The monoisotopic (exact) mass is 568 g/mol. The molecule has 0 radical (unpaired) electrons. The lowest BCUT2D eigenvalue weighted by Gasteiger charge is -2.39.